The third-order valence-corrected chi connectivity index (χ3v) is 4.40. The van der Waals surface area contributed by atoms with Crippen molar-refractivity contribution in [3.05, 3.63) is 0 Å². The molecule has 3 heteroatoms. The maximum Gasteiger partial charge on any atom is 0.0493 e. The largest absolute Gasteiger partial charge is 0.384 e. The summed E-state index contributed by atoms with van der Waals surface area (Å²) >= 11 is 0. The van der Waals surface area contributed by atoms with Crippen LogP contribution in [-0.4, -0.2) is 62.3 Å². The van der Waals surface area contributed by atoms with Crippen LogP contribution in [0.3, 0.4) is 0 Å². The van der Waals surface area contributed by atoms with Gasteiger partial charge in [0.15, 0.2) is 0 Å². The second-order valence-corrected chi connectivity index (χ2v) is 5.97. The smallest absolute Gasteiger partial charge is 0.0493 e. The second kappa shape index (κ2) is 6.17. The van der Waals surface area contributed by atoms with Crippen LogP contribution >= 0.6 is 0 Å². The Morgan fingerprint density at radius 1 is 1.12 bits per heavy atom. The normalized spacial score (nSPS) is 31.1. The fourth-order valence-electron chi connectivity index (χ4n) is 2.93. The van der Waals surface area contributed by atoms with E-state index in [2.05, 4.69) is 23.6 Å². The van der Waals surface area contributed by atoms with Crippen LogP contribution in [0.15, 0.2) is 0 Å². The van der Waals surface area contributed by atoms with Gasteiger partial charge >= 0.3 is 0 Å². The zero-order valence-corrected chi connectivity index (χ0v) is 11.7. The van der Waals surface area contributed by atoms with Crippen molar-refractivity contribution in [2.24, 2.45) is 11.8 Å². The first-order valence-electron chi connectivity index (χ1n) is 7.16. The van der Waals surface area contributed by atoms with E-state index in [4.69, 9.17) is 4.74 Å². The molecule has 1 aliphatic carbocycles. The Balaban J connectivity index is 1.56. The molecular formula is C14H28N2O. The van der Waals surface area contributed by atoms with Crippen LogP contribution in [0.25, 0.3) is 0 Å². The summed E-state index contributed by atoms with van der Waals surface area (Å²) in [5.41, 5.74) is 0. The Morgan fingerprint density at radius 2 is 1.82 bits per heavy atom. The molecule has 1 saturated carbocycles. The lowest BCUT2D eigenvalue weighted by molar-refractivity contribution is 0.105. The summed E-state index contributed by atoms with van der Waals surface area (Å²) in [6, 6.07) is 0.715. The van der Waals surface area contributed by atoms with Crippen molar-refractivity contribution in [1.29, 1.82) is 0 Å². The molecule has 2 aliphatic rings. The van der Waals surface area contributed by atoms with Gasteiger partial charge in [0.05, 0.1) is 0 Å². The van der Waals surface area contributed by atoms with Crippen LogP contribution in [0.4, 0.5) is 0 Å². The Bertz CT molecular complexity index is 224. The quantitative estimate of drug-likeness (QED) is 0.702. The highest BCUT2D eigenvalue weighted by molar-refractivity contribution is 4.87. The molecular weight excluding hydrogens is 212 g/mol. The molecule has 0 radical (unpaired) electrons. The summed E-state index contributed by atoms with van der Waals surface area (Å²) in [5.74, 6) is 1.83. The van der Waals surface area contributed by atoms with E-state index in [-0.39, 0.29) is 0 Å². The molecule has 1 saturated heterocycles. The number of piperazine rings is 1. The van der Waals surface area contributed by atoms with E-state index in [9.17, 15) is 0 Å². The Labute approximate surface area is 106 Å². The minimum atomic E-state index is 0.715. The third kappa shape index (κ3) is 3.94. The van der Waals surface area contributed by atoms with Crippen LogP contribution in [0.1, 0.15) is 26.7 Å². The highest BCUT2D eigenvalue weighted by Gasteiger charge is 2.36. The molecule has 2 atom stereocenters. The molecule has 100 valence electrons. The monoisotopic (exact) mass is 240 g/mol. The van der Waals surface area contributed by atoms with Gasteiger partial charge in [0, 0.05) is 45.9 Å². The van der Waals surface area contributed by atoms with E-state index < -0.39 is 0 Å². The fourth-order valence-corrected chi connectivity index (χ4v) is 2.93. The van der Waals surface area contributed by atoms with Gasteiger partial charge in [0.25, 0.3) is 0 Å². The number of nitrogens with zero attached hydrogens (tertiary/aromatic N) is 2. The minimum Gasteiger partial charge on any atom is -0.384 e. The van der Waals surface area contributed by atoms with Gasteiger partial charge in [-0.25, -0.2) is 0 Å². The van der Waals surface area contributed by atoms with Crippen molar-refractivity contribution in [3.63, 3.8) is 0 Å². The number of ether oxygens (including phenoxy) is 1. The first kappa shape index (κ1) is 13.3. The zero-order valence-electron chi connectivity index (χ0n) is 11.7. The molecule has 0 N–H and O–H groups in total. The van der Waals surface area contributed by atoms with E-state index in [0.29, 0.717) is 6.04 Å². The minimum absolute atomic E-state index is 0.715. The van der Waals surface area contributed by atoms with Gasteiger partial charge in [-0.2, -0.15) is 0 Å². The lowest BCUT2D eigenvalue weighted by Gasteiger charge is -2.37. The Hall–Kier alpha value is -0.120. The number of rotatable bonds is 6. The molecule has 2 rings (SSSR count). The summed E-state index contributed by atoms with van der Waals surface area (Å²) < 4.78 is 5.21. The Morgan fingerprint density at radius 3 is 2.41 bits per heavy atom. The van der Waals surface area contributed by atoms with Crippen LogP contribution in [0, 0.1) is 11.8 Å². The van der Waals surface area contributed by atoms with Crippen LogP contribution in [0.2, 0.25) is 0 Å². The molecule has 0 aromatic rings. The van der Waals surface area contributed by atoms with Crippen LogP contribution < -0.4 is 0 Å². The molecule has 17 heavy (non-hydrogen) atoms. The van der Waals surface area contributed by atoms with Crippen molar-refractivity contribution in [1.82, 2.24) is 9.80 Å². The van der Waals surface area contributed by atoms with Gasteiger partial charge in [-0.05, 0) is 45.1 Å². The summed E-state index contributed by atoms with van der Waals surface area (Å²) in [6.07, 6.45) is 2.79. The second-order valence-electron chi connectivity index (χ2n) is 5.97. The number of hydrogen-bond donors (Lipinski definition) is 0. The molecule has 0 bridgehead atoms. The predicted octanol–water partition coefficient (Wildman–Crippen LogP) is 1.69. The van der Waals surface area contributed by atoms with Crippen molar-refractivity contribution < 1.29 is 4.74 Å². The summed E-state index contributed by atoms with van der Waals surface area (Å²) in [5, 5.41) is 0. The molecule has 3 nitrogen and oxygen atoms in total. The first-order valence-corrected chi connectivity index (χ1v) is 7.16. The van der Waals surface area contributed by atoms with E-state index >= 15 is 0 Å². The molecule has 0 amide bonds. The lowest BCUT2D eigenvalue weighted by Crippen LogP contribution is -2.49. The van der Waals surface area contributed by atoms with Crippen LogP contribution in [-0.2, 0) is 4.74 Å². The summed E-state index contributed by atoms with van der Waals surface area (Å²) in [6.45, 7) is 11.9. The van der Waals surface area contributed by atoms with E-state index in [1.165, 1.54) is 45.6 Å². The van der Waals surface area contributed by atoms with Crippen LogP contribution in [0.5, 0.6) is 0 Å². The summed E-state index contributed by atoms with van der Waals surface area (Å²) in [7, 11) is 1.82. The standard InChI is InChI=1S/C14H28N2O/c1-12(2)16-8-6-15(7-9-16)5-4-13-10-14(13)11-17-3/h12-14H,4-11H2,1-3H3. The molecule has 2 unspecified atom stereocenters. The average Bonchev–Trinajstić information content (AvgIpc) is 3.06. The Kier molecular flexibility index (Phi) is 4.83. The van der Waals surface area contributed by atoms with Crippen molar-refractivity contribution >= 4 is 0 Å². The number of methoxy groups -OCH3 is 1. The molecule has 0 spiro atoms. The van der Waals surface area contributed by atoms with Crippen molar-refractivity contribution in [3.8, 4) is 0 Å². The average molecular weight is 240 g/mol. The van der Waals surface area contributed by atoms with Crippen molar-refractivity contribution in [2.75, 3.05) is 46.4 Å². The molecule has 0 aromatic carbocycles. The first-order chi connectivity index (χ1) is 8.20. The summed E-state index contributed by atoms with van der Waals surface area (Å²) in [4.78, 5) is 5.22. The fraction of sp³-hybridized carbons (Fsp3) is 1.00. The SMILES string of the molecule is COCC1CC1CCN1CCN(C(C)C)CC1. The highest BCUT2D eigenvalue weighted by atomic mass is 16.5. The van der Waals surface area contributed by atoms with E-state index in [1.807, 2.05) is 7.11 Å². The predicted molar refractivity (Wildman–Crippen MR) is 71.2 cm³/mol. The van der Waals surface area contributed by atoms with Gasteiger partial charge in [-0.1, -0.05) is 0 Å². The maximum atomic E-state index is 5.21. The maximum absolute atomic E-state index is 5.21. The van der Waals surface area contributed by atoms with Crippen molar-refractivity contribution in [2.45, 2.75) is 32.7 Å². The zero-order chi connectivity index (χ0) is 12.3. The van der Waals surface area contributed by atoms with E-state index in [0.717, 1.165) is 18.4 Å². The van der Waals surface area contributed by atoms with E-state index in [1.54, 1.807) is 0 Å². The number of hydrogen-bond acceptors (Lipinski definition) is 3. The lowest BCUT2D eigenvalue weighted by atomic mass is 10.2. The molecule has 0 aromatic heterocycles. The molecule has 1 aliphatic heterocycles. The molecule has 2 fully saturated rings. The highest BCUT2D eigenvalue weighted by Crippen LogP contribution is 2.41. The van der Waals surface area contributed by atoms with Gasteiger partial charge in [-0.15, -0.1) is 0 Å². The van der Waals surface area contributed by atoms with Gasteiger partial charge in [0.2, 0.25) is 0 Å². The van der Waals surface area contributed by atoms with Gasteiger partial charge in [-0.3, -0.25) is 4.90 Å². The third-order valence-electron chi connectivity index (χ3n) is 4.40. The molecule has 1 heterocycles. The topological polar surface area (TPSA) is 15.7 Å². The van der Waals surface area contributed by atoms with Gasteiger partial charge < -0.3 is 9.64 Å². The van der Waals surface area contributed by atoms with Gasteiger partial charge in [0.1, 0.15) is 0 Å².